The zero-order valence-corrected chi connectivity index (χ0v) is 21.4. The van der Waals surface area contributed by atoms with Gasteiger partial charge in [-0.05, 0) is 56.0 Å². The van der Waals surface area contributed by atoms with Gasteiger partial charge in [-0.15, -0.1) is 0 Å². The fourth-order valence-electron chi connectivity index (χ4n) is 4.12. The van der Waals surface area contributed by atoms with Gasteiger partial charge in [0, 0.05) is 25.3 Å². The van der Waals surface area contributed by atoms with Gasteiger partial charge in [0.1, 0.15) is 17.5 Å². The molecule has 0 atom stereocenters. The minimum absolute atomic E-state index is 0.0697. The molecule has 6 nitrogen and oxygen atoms in total. The summed E-state index contributed by atoms with van der Waals surface area (Å²) in [5.41, 5.74) is 3.76. The number of aliphatic imine (C=N–C) groups is 1. The van der Waals surface area contributed by atoms with E-state index in [1.807, 2.05) is 11.8 Å². The number of nitrogen functional groups attached to an aromatic ring is 1. The Hall–Kier alpha value is -2.85. The highest BCUT2D eigenvalue weighted by atomic mass is 35.5. The molecule has 2 N–H and O–H groups in total. The van der Waals surface area contributed by atoms with Crippen LogP contribution in [-0.4, -0.2) is 49.1 Å². The van der Waals surface area contributed by atoms with E-state index in [-0.39, 0.29) is 22.0 Å². The van der Waals surface area contributed by atoms with E-state index in [0.717, 1.165) is 6.07 Å². The molecular weight excluding hydrogens is 500 g/mol. The number of methoxy groups -OCH3 is 1. The van der Waals surface area contributed by atoms with Crippen molar-refractivity contribution in [2.75, 3.05) is 39.1 Å². The Morgan fingerprint density at radius 2 is 2.00 bits per heavy atom. The minimum atomic E-state index is -4.79. The maximum Gasteiger partial charge on any atom is 0.418 e. The highest BCUT2D eigenvalue weighted by Crippen LogP contribution is 2.43. The fourth-order valence-corrected chi connectivity index (χ4v) is 4.40. The minimum Gasteiger partial charge on any atom is -0.481 e. The lowest BCUT2D eigenvalue weighted by molar-refractivity contribution is -0.137. The molecule has 0 spiro atoms. The summed E-state index contributed by atoms with van der Waals surface area (Å²) in [6, 6.07) is 2.51. The summed E-state index contributed by atoms with van der Waals surface area (Å²) in [5.74, 6) is -0.392. The Morgan fingerprint density at radius 3 is 2.64 bits per heavy atom. The van der Waals surface area contributed by atoms with Crippen molar-refractivity contribution >= 4 is 23.3 Å². The van der Waals surface area contributed by atoms with Gasteiger partial charge in [-0.1, -0.05) is 18.5 Å². The number of halogens is 5. The zero-order valence-electron chi connectivity index (χ0n) is 20.6. The molecule has 0 aliphatic carbocycles. The van der Waals surface area contributed by atoms with Gasteiger partial charge in [0.2, 0.25) is 5.88 Å². The lowest BCUT2D eigenvalue weighted by Crippen LogP contribution is -2.35. The van der Waals surface area contributed by atoms with Crippen molar-refractivity contribution in [2.45, 2.75) is 39.8 Å². The molecule has 2 heterocycles. The topological polar surface area (TPSA) is 73.0 Å². The van der Waals surface area contributed by atoms with Gasteiger partial charge in [0.25, 0.3) is 0 Å². The average molecular weight is 529 g/mol. The highest BCUT2D eigenvalue weighted by Gasteiger charge is 2.38. The van der Waals surface area contributed by atoms with Crippen LogP contribution in [0, 0.1) is 19.7 Å². The predicted molar refractivity (Wildman–Crippen MR) is 132 cm³/mol. The molecule has 36 heavy (non-hydrogen) atoms. The van der Waals surface area contributed by atoms with E-state index in [4.69, 9.17) is 26.8 Å². The first-order valence-corrected chi connectivity index (χ1v) is 11.9. The number of anilines is 1. The Balaban J connectivity index is 2.28. The molecule has 1 aliphatic heterocycles. The number of rotatable bonds is 5. The van der Waals surface area contributed by atoms with Crippen LogP contribution in [0.5, 0.6) is 0 Å². The van der Waals surface area contributed by atoms with Crippen LogP contribution in [0.3, 0.4) is 0 Å². The molecular formula is C25H29ClF4N4O2. The monoisotopic (exact) mass is 528 g/mol. The van der Waals surface area contributed by atoms with Crippen molar-refractivity contribution in [2.24, 2.45) is 4.99 Å². The van der Waals surface area contributed by atoms with E-state index in [0.29, 0.717) is 56.4 Å². The molecule has 1 aromatic carbocycles. The first-order chi connectivity index (χ1) is 17.0. The predicted octanol–water partition coefficient (Wildman–Crippen LogP) is 6.13. The zero-order chi connectivity index (χ0) is 26.6. The van der Waals surface area contributed by atoms with Crippen LogP contribution >= 0.6 is 11.6 Å². The van der Waals surface area contributed by atoms with Crippen LogP contribution in [-0.2, 0) is 15.7 Å². The molecule has 196 valence electrons. The summed E-state index contributed by atoms with van der Waals surface area (Å²) in [7, 11) is 1.48. The average Bonchev–Trinajstić information content (AvgIpc) is 3.07. The van der Waals surface area contributed by atoms with Gasteiger partial charge >= 0.3 is 6.18 Å². The first kappa shape index (κ1) is 27.7. The van der Waals surface area contributed by atoms with Crippen LogP contribution in [0.25, 0.3) is 11.3 Å². The SMILES string of the molecule is CC/C=C(/N=C(\c1cc(Cl)c(-c2nc(N)cc(C)c2C(F)(F)F)c(F)c1C)N1CCCOCC1)OC. The standard InChI is InChI=1S/C25H29ClF4N4O2/c1-5-7-19(35-4)33-24(34-8-6-10-36-11-9-34)16-13-17(26)20(22(27)15(16)3)23-21(25(28,29)30)14(2)12-18(31)32-23/h7,12-13H,5-6,8-11H2,1-4H3,(H2,31,32)/b19-7-,33-24+. The number of aryl methyl sites for hydroxylation is 1. The molecule has 1 aliphatic rings. The van der Waals surface area contributed by atoms with Crippen molar-refractivity contribution in [3.63, 3.8) is 0 Å². The van der Waals surface area contributed by atoms with Gasteiger partial charge in [-0.2, -0.15) is 18.2 Å². The second-order valence-electron chi connectivity index (χ2n) is 8.35. The normalized spacial score (nSPS) is 15.8. The Kier molecular flexibility index (Phi) is 8.84. The number of hydrogen-bond donors (Lipinski definition) is 1. The van der Waals surface area contributed by atoms with E-state index in [2.05, 4.69) is 9.98 Å². The van der Waals surface area contributed by atoms with E-state index >= 15 is 4.39 Å². The maximum absolute atomic E-state index is 15.9. The second-order valence-corrected chi connectivity index (χ2v) is 8.76. The molecule has 0 radical (unpaired) electrons. The molecule has 1 aromatic heterocycles. The summed E-state index contributed by atoms with van der Waals surface area (Å²) in [5, 5.41) is -0.242. The third-order valence-corrected chi connectivity index (χ3v) is 6.08. The Bertz CT molecular complexity index is 1170. The lowest BCUT2D eigenvalue weighted by atomic mass is 9.95. The van der Waals surface area contributed by atoms with Crippen LogP contribution in [0.15, 0.2) is 29.1 Å². The summed E-state index contributed by atoms with van der Waals surface area (Å²) in [6.07, 6.45) is -1.66. The Labute approximate surface area is 212 Å². The van der Waals surface area contributed by atoms with Crippen LogP contribution < -0.4 is 5.73 Å². The number of alkyl halides is 3. The summed E-state index contributed by atoms with van der Waals surface area (Å²) in [6.45, 7) is 6.70. The van der Waals surface area contributed by atoms with Gasteiger partial charge in [0.05, 0.1) is 35.6 Å². The first-order valence-electron chi connectivity index (χ1n) is 11.5. The van der Waals surface area contributed by atoms with E-state index < -0.39 is 28.8 Å². The van der Waals surface area contributed by atoms with E-state index in [1.54, 1.807) is 6.08 Å². The van der Waals surface area contributed by atoms with Gasteiger partial charge in [-0.25, -0.2) is 9.37 Å². The quantitative estimate of drug-likeness (QED) is 0.219. The molecule has 0 saturated carbocycles. The fraction of sp³-hybridized carbons (Fsp3) is 0.440. The molecule has 0 unspecified atom stereocenters. The van der Waals surface area contributed by atoms with E-state index in [9.17, 15) is 13.2 Å². The molecule has 3 rings (SSSR count). The number of nitrogens with zero attached hydrogens (tertiary/aromatic N) is 3. The smallest absolute Gasteiger partial charge is 0.418 e. The van der Waals surface area contributed by atoms with Crippen LogP contribution in [0.2, 0.25) is 5.02 Å². The van der Waals surface area contributed by atoms with Crippen molar-refractivity contribution in [3.8, 4) is 11.3 Å². The van der Waals surface area contributed by atoms with Crippen molar-refractivity contribution in [1.82, 2.24) is 9.88 Å². The van der Waals surface area contributed by atoms with E-state index in [1.165, 1.54) is 27.0 Å². The number of allylic oxidation sites excluding steroid dienone is 1. The molecule has 1 saturated heterocycles. The number of nitrogens with two attached hydrogens (primary N) is 1. The lowest BCUT2D eigenvalue weighted by Gasteiger charge is -2.26. The summed E-state index contributed by atoms with van der Waals surface area (Å²) in [4.78, 5) is 10.4. The molecule has 1 fully saturated rings. The van der Waals surface area contributed by atoms with Crippen molar-refractivity contribution in [3.05, 3.63) is 57.2 Å². The number of aromatic nitrogens is 1. The Morgan fingerprint density at radius 1 is 1.28 bits per heavy atom. The molecule has 2 aromatic rings. The summed E-state index contributed by atoms with van der Waals surface area (Å²) >= 11 is 6.48. The second kappa shape index (κ2) is 11.5. The van der Waals surface area contributed by atoms with Gasteiger partial charge < -0.3 is 20.1 Å². The van der Waals surface area contributed by atoms with Crippen molar-refractivity contribution < 1.29 is 27.0 Å². The molecule has 0 bridgehead atoms. The molecule has 0 amide bonds. The molecule has 11 heteroatoms. The van der Waals surface area contributed by atoms with Gasteiger partial charge in [-0.3, -0.25) is 0 Å². The number of ether oxygens (including phenoxy) is 2. The third kappa shape index (κ3) is 5.92. The third-order valence-electron chi connectivity index (χ3n) is 5.79. The van der Waals surface area contributed by atoms with Gasteiger partial charge in [0.15, 0.2) is 0 Å². The number of benzene rings is 1. The maximum atomic E-state index is 15.9. The van der Waals surface area contributed by atoms with Crippen LogP contribution in [0.1, 0.15) is 42.0 Å². The number of hydrogen-bond acceptors (Lipinski definition) is 5. The largest absolute Gasteiger partial charge is 0.481 e. The summed E-state index contributed by atoms with van der Waals surface area (Å²) < 4.78 is 68.6. The van der Waals surface area contributed by atoms with Crippen LogP contribution in [0.4, 0.5) is 23.4 Å². The van der Waals surface area contributed by atoms with Crippen molar-refractivity contribution in [1.29, 1.82) is 0 Å². The number of amidine groups is 1. The number of pyridine rings is 1. The highest BCUT2D eigenvalue weighted by molar-refractivity contribution is 6.34.